The Labute approximate surface area is 550 Å². The first kappa shape index (κ1) is 65.1. The molecule has 21 heteroatoms. The van der Waals surface area contributed by atoms with Crippen LogP contribution >= 0.6 is 23.2 Å². The van der Waals surface area contributed by atoms with Crippen LogP contribution in [0.15, 0.2) is 207 Å². The first-order valence-electron chi connectivity index (χ1n) is 30.2. The van der Waals surface area contributed by atoms with E-state index in [0.29, 0.717) is 101 Å². The molecule has 7 heterocycles. The fourth-order valence-corrected chi connectivity index (χ4v) is 11.0. The van der Waals surface area contributed by atoms with Crippen LogP contribution in [0.2, 0.25) is 10.0 Å². The Balaban J connectivity index is 0.000000145. The summed E-state index contributed by atoms with van der Waals surface area (Å²) in [5, 5.41) is 29.1. The van der Waals surface area contributed by atoms with E-state index < -0.39 is 11.6 Å². The molecular formula is C73H64Cl2F3N13O3. The first-order valence-corrected chi connectivity index (χ1v) is 30.9. The topological polar surface area (TPSA) is 198 Å². The van der Waals surface area contributed by atoms with E-state index in [2.05, 4.69) is 68.4 Å². The third-order valence-electron chi connectivity index (χ3n) is 15.6. The summed E-state index contributed by atoms with van der Waals surface area (Å²) < 4.78 is 43.5. The van der Waals surface area contributed by atoms with E-state index in [1.54, 1.807) is 91.6 Å². The Morgan fingerprint density at radius 1 is 0.521 bits per heavy atom. The molecule has 13 rings (SSSR count). The number of piperidine rings is 1. The number of anilines is 6. The van der Waals surface area contributed by atoms with Gasteiger partial charge in [-0.2, -0.15) is 0 Å². The van der Waals surface area contributed by atoms with E-state index in [0.717, 1.165) is 65.5 Å². The second-order valence-corrected chi connectivity index (χ2v) is 23.3. The molecule has 1 fully saturated rings. The van der Waals surface area contributed by atoms with Gasteiger partial charge < -0.3 is 41.5 Å². The number of likely N-dealkylation sites (N-methyl/N-ethyl adjacent to an activating group) is 1. The Morgan fingerprint density at radius 3 is 1.44 bits per heavy atom. The van der Waals surface area contributed by atoms with Crippen LogP contribution in [-0.2, 0) is 6.61 Å². The maximum Gasteiger partial charge on any atom is 0.255 e. The number of rotatable bonds is 16. The van der Waals surface area contributed by atoms with E-state index in [1.807, 2.05) is 97.9 Å². The summed E-state index contributed by atoms with van der Waals surface area (Å²) in [6.45, 7) is 3.01. The maximum absolute atomic E-state index is 14.6. The van der Waals surface area contributed by atoms with Crippen molar-refractivity contribution in [1.82, 2.24) is 50.3 Å². The number of halogens is 5. The highest BCUT2D eigenvalue weighted by atomic mass is 35.5. The molecule has 6 aromatic carbocycles. The van der Waals surface area contributed by atoms with Crippen LogP contribution in [0.4, 0.5) is 47.3 Å². The largest absolute Gasteiger partial charge is 0.392 e. The average molecular weight is 1300 g/mol. The van der Waals surface area contributed by atoms with Crippen molar-refractivity contribution in [1.29, 1.82) is 0 Å². The molecule has 474 valence electrons. The van der Waals surface area contributed by atoms with Crippen molar-refractivity contribution in [2.75, 3.05) is 63.3 Å². The Kier molecular flexibility index (Phi) is 21.0. The fraction of sp³-hybridized carbons (Fsp3) is 0.151. The van der Waals surface area contributed by atoms with Crippen molar-refractivity contribution in [2.24, 2.45) is 0 Å². The second kappa shape index (κ2) is 30.4. The summed E-state index contributed by atoms with van der Waals surface area (Å²) in [5.41, 5.74) is 10.3. The Morgan fingerprint density at radius 2 is 0.947 bits per heavy atom. The van der Waals surface area contributed by atoms with E-state index in [4.69, 9.17) is 23.2 Å². The van der Waals surface area contributed by atoms with Gasteiger partial charge >= 0.3 is 0 Å². The van der Waals surface area contributed by atoms with Crippen LogP contribution in [0.1, 0.15) is 39.1 Å². The molecule has 1 aliphatic rings. The van der Waals surface area contributed by atoms with Gasteiger partial charge in [0.05, 0.1) is 79.8 Å². The number of aliphatic hydroxyl groups is 1. The summed E-state index contributed by atoms with van der Waals surface area (Å²) in [6.07, 6.45) is 11.4. The number of fused-ring (bicyclic) bond motifs is 3. The molecule has 6 aromatic heterocycles. The zero-order valence-electron chi connectivity index (χ0n) is 51.4. The molecule has 0 unspecified atom stereocenters. The number of para-hydroxylation sites is 3. The van der Waals surface area contributed by atoms with Gasteiger partial charge in [0.1, 0.15) is 17.5 Å². The fourth-order valence-electron chi connectivity index (χ4n) is 10.7. The number of benzene rings is 6. The maximum atomic E-state index is 14.6. The van der Waals surface area contributed by atoms with Gasteiger partial charge in [-0.05, 0) is 150 Å². The number of carbonyl (C=O) groups excluding carboxylic acids is 2. The Bertz CT molecular complexity index is 4710. The summed E-state index contributed by atoms with van der Waals surface area (Å²) in [7, 11) is 5.97. The molecule has 0 spiro atoms. The summed E-state index contributed by atoms with van der Waals surface area (Å²) in [6, 6.07) is 48.9. The molecule has 0 atom stereocenters. The number of carbonyl (C=O) groups is 2. The van der Waals surface area contributed by atoms with Gasteiger partial charge in [0.15, 0.2) is 0 Å². The molecular weight excluding hydrogens is 1230 g/mol. The van der Waals surface area contributed by atoms with Gasteiger partial charge in [0.25, 0.3) is 11.8 Å². The van der Waals surface area contributed by atoms with E-state index in [9.17, 15) is 27.9 Å². The summed E-state index contributed by atoms with van der Waals surface area (Å²) in [4.78, 5) is 56.4. The first-order chi connectivity index (χ1) is 45.7. The van der Waals surface area contributed by atoms with Crippen molar-refractivity contribution in [3.8, 4) is 33.8 Å². The lowest BCUT2D eigenvalue weighted by atomic mass is 10.0. The van der Waals surface area contributed by atoms with Gasteiger partial charge in [-0.25, -0.2) is 28.1 Å². The molecule has 94 heavy (non-hydrogen) atoms. The minimum absolute atomic E-state index is 0.126. The van der Waals surface area contributed by atoms with Crippen molar-refractivity contribution in [3.05, 3.63) is 251 Å². The number of nitrogens with one attached hydrogen (secondary N) is 5. The number of aliphatic hydroxyl groups excluding tert-OH is 1. The molecule has 1 aliphatic heterocycles. The van der Waals surface area contributed by atoms with Gasteiger partial charge in [-0.15, -0.1) is 0 Å². The van der Waals surface area contributed by atoms with Gasteiger partial charge in [-0.1, -0.05) is 89.9 Å². The quantitative estimate of drug-likeness (QED) is 0.0534. The van der Waals surface area contributed by atoms with Crippen LogP contribution in [0.5, 0.6) is 0 Å². The van der Waals surface area contributed by atoms with E-state index >= 15 is 0 Å². The zero-order valence-corrected chi connectivity index (χ0v) is 52.9. The molecule has 2 amide bonds. The van der Waals surface area contributed by atoms with Crippen molar-refractivity contribution in [2.45, 2.75) is 25.5 Å². The van der Waals surface area contributed by atoms with Crippen LogP contribution in [0, 0.1) is 17.5 Å². The van der Waals surface area contributed by atoms with Crippen LogP contribution in [0.3, 0.4) is 0 Å². The predicted octanol–water partition coefficient (Wildman–Crippen LogP) is 15.5. The molecule has 1 saturated heterocycles. The van der Waals surface area contributed by atoms with Crippen molar-refractivity contribution < 1.29 is 27.9 Å². The SMILES string of the molecule is CN(C)CCNC(=O)c1cnccc1Nc1cc(-c2cc(Cl)ccc2F)nc2ccccc12.CN1CCC(NC(=O)c2cnccc2Nc2cc(-c3cc(Cl)ccc3F)nc3ccccc23)CC1.OCc1cnccc1Nc1cc(-c2ccccc2F)nc2ccccc12. The summed E-state index contributed by atoms with van der Waals surface area (Å²) >= 11 is 12.2. The van der Waals surface area contributed by atoms with E-state index in [1.165, 1.54) is 36.5 Å². The van der Waals surface area contributed by atoms with Crippen LogP contribution in [-0.4, -0.2) is 110 Å². The highest BCUT2D eigenvalue weighted by molar-refractivity contribution is 6.31. The van der Waals surface area contributed by atoms with Crippen LogP contribution in [0.25, 0.3) is 66.5 Å². The number of pyridine rings is 6. The van der Waals surface area contributed by atoms with E-state index in [-0.39, 0.29) is 30.3 Å². The number of likely N-dealkylation sites (tertiary alicyclic amines) is 1. The zero-order chi connectivity index (χ0) is 65.7. The molecule has 0 aliphatic carbocycles. The molecule has 6 N–H and O–H groups in total. The minimum Gasteiger partial charge on any atom is -0.392 e. The molecule has 0 saturated carbocycles. The molecule has 12 aromatic rings. The third kappa shape index (κ3) is 15.9. The van der Waals surface area contributed by atoms with Gasteiger partial charge in [0, 0.05) is 110 Å². The smallest absolute Gasteiger partial charge is 0.255 e. The monoisotopic (exact) mass is 1300 g/mol. The molecule has 0 bridgehead atoms. The number of amides is 2. The Hall–Kier alpha value is -10.4. The number of hydrogen-bond donors (Lipinski definition) is 6. The second-order valence-electron chi connectivity index (χ2n) is 22.5. The number of aromatic nitrogens is 6. The van der Waals surface area contributed by atoms with Gasteiger partial charge in [0.2, 0.25) is 0 Å². The molecule has 0 radical (unpaired) electrons. The number of nitrogens with zero attached hydrogens (tertiary/aromatic N) is 8. The molecule has 16 nitrogen and oxygen atoms in total. The van der Waals surface area contributed by atoms with Crippen LogP contribution < -0.4 is 26.6 Å². The lowest BCUT2D eigenvalue weighted by Crippen LogP contribution is -2.43. The van der Waals surface area contributed by atoms with Crippen molar-refractivity contribution in [3.63, 3.8) is 0 Å². The minimum atomic E-state index is -0.419. The number of hydrogen-bond acceptors (Lipinski definition) is 14. The standard InChI is InChI=1S/C27H25ClFN5O.C25H23ClFN5O.C21H16FN3O/c1-34-12-9-18(10-13-34)31-27(35)21-16-30-11-8-24(21)33-25-15-26(20-14-17(28)6-7-22(20)29)32-23-5-3-2-4-19(23)25;1-32(2)12-11-29-25(33)19-15-28-10-9-22(19)31-23-14-24(18-13-16(26)7-8-20(18)27)30-21-6-4-3-5-17(21)23;22-17-7-3-1-5-15(17)20-11-21(16-6-2-4-8-19(16)25-20)24-18-9-10-23-12-14(18)13-26/h2-8,11,14-16,18H,9-10,12-13H2,1H3,(H,31,35)(H,30,32,33);3-10,13-15H,11-12H2,1-2H3,(H,29,33)(H,28,30,31);1-12,26H,13H2,(H,23,24,25). The highest BCUT2D eigenvalue weighted by Gasteiger charge is 2.23. The lowest BCUT2D eigenvalue weighted by molar-refractivity contribution is 0.0915. The lowest BCUT2D eigenvalue weighted by Gasteiger charge is -2.29. The van der Waals surface area contributed by atoms with Crippen molar-refractivity contribution >= 4 is 102 Å². The summed E-state index contributed by atoms with van der Waals surface area (Å²) in [5.74, 6) is -1.55. The highest BCUT2D eigenvalue weighted by Crippen LogP contribution is 2.37. The average Bonchev–Trinajstić information content (AvgIpc) is 0.807. The predicted molar refractivity (Wildman–Crippen MR) is 369 cm³/mol. The normalized spacial score (nSPS) is 12.4. The van der Waals surface area contributed by atoms with Gasteiger partial charge in [-0.3, -0.25) is 24.5 Å². The third-order valence-corrected chi connectivity index (χ3v) is 16.1.